The molecule has 0 aromatic carbocycles. The highest BCUT2D eigenvalue weighted by Gasteiger charge is 2.20. The Bertz CT molecular complexity index is 488. The molecule has 0 saturated heterocycles. The first kappa shape index (κ1) is 10.7. The maximum Gasteiger partial charge on any atom is 0.107 e. The van der Waals surface area contributed by atoms with Gasteiger partial charge in [0.2, 0.25) is 0 Å². The minimum absolute atomic E-state index is 0.739. The number of nitrogens with one attached hydrogen (secondary N) is 1. The minimum atomic E-state index is 0.739. The summed E-state index contributed by atoms with van der Waals surface area (Å²) >= 11 is 9.20. The molecule has 0 spiro atoms. The van der Waals surface area contributed by atoms with Crippen molar-refractivity contribution in [2.75, 3.05) is 0 Å². The Labute approximate surface area is 107 Å². The predicted octanol–water partition coefficient (Wildman–Crippen LogP) is 3.78. The highest BCUT2D eigenvalue weighted by molar-refractivity contribution is 7.19. The van der Waals surface area contributed by atoms with E-state index in [0.717, 1.165) is 32.5 Å². The lowest BCUT2D eigenvalue weighted by atomic mass is 10.4. The summed E-state index contributed by atoms with van der Waals surface area (Å²) in [4.78, 5) is 5.75. The van der Waals surface area contributed by atoms with Crippen LogP contribution < -0.4 is 5.32 Å². The summed E-state index contributed by atoms with van der Waals surface area (Å²) in [5, 5.41) is 6.73. The molecule has 0 unspecified atom stereocenters. The molecule has 0 amide bonds. The van der Waals surface area contributed by atoms with E-state index in [4.69, 9.17) is 11.6 Å². The summed E-state index contributed by atoms with van der Waals surface area (Å²) in [6.45, 7) is 0.897. The third-order valence-corrected chi connectivity index (χ3v) is 4.60. The van der Waals surface area contributed by atoms with Gasteiger partial charge in [-0.1, -0.05) is 11.6 Å². The standard InChI is InChI=1S/C11H11ClN2S2/c12-10-4-3-9(16-10)8-6-15-11(14-8)5-13-7-1-2-7/h3-4,6-7,13H,1-2,5H2. The van der Waals surface area contributed by atoms with Crippen LogP contribution in [0.25, 0.3) is 10.6 Å². The first-order chi connectivity index (χ1) is 7.81. The fraction of sp³-hybridized carbons (Fsp3) is 0.364. The summed E-state index contributed by atoms with van der Waals surface area (Å²) in [7, 11) is 0. The van der Waals surface area contributed by atoms with Crippen LogP contribution in [0.1, 0.15) is 17.8 Å². The minimum Gasteiger partial charge on any atom is -0.308 e. The number of nitrogens with zero attached hydrogens (tertiary/aromatic N) is 1. The second-order valence-electron chi connectivity index (χ2n) is 3.89. The Balaban J connectivity index is 1.71. The van der Waals surface area contributed by atoms with E-state index in [1.54, 1.807) is 22.7 Å². The molecule has 5 heteroatoms. The average molecular weight is 271 g/mol. The number of hydrogen-bond donors (Lipinski definition) is 1. The Morgan fingerprint density at radius 3 is 3.00 bits per heavy atom. The SMILES string of the molecule is Clc1ccc(-c2csc(CNC3CC3)n2)s1. The van der Waals surface area contributed by atoms with Crippen molar-refractivity contribution in [2.45, 2.75) is 25.4 Å². The van der Waals surface area contributed by atoms with Gasteiger partial charge in [0, 0.05) is 18.0 Å². The molecular formula is C11H11ClN2S2. The molecule has 2 aromatic heterocycles. The number of thiazole rings is 1. The van der Waals surface area contributed by atoms with Gasteiger partial charge in [0.15, 0.2) is 0 Å². The van der Waals surface area contributed by atoms with Crippen molar-refractivity contribution in [1.29, 1.82) is 0 Å². The van der Waals surface area contributed by atoms with Crippen molar-refractivity contribution in [3.05, 3.63) is 26.9 Å². The van der Waals surface area contributed by atoms with E-state index in [1.807, 2.05) is 12.1 Å². The average Bonchev–Trinajstić information content (AvgIpc) is 2.81. The van der Waals surface area contributed by atoms with Gasteiger partial charge in [0.1, 0.15) is 5.01 Å². The van der Waals surface area contributed by atoms with Crippen molar-refractivity contribution in [2.24, 2.45) is 0 Å². The summed E-state index contributed by atoms with van der Waals surface area (Å²) in [5.41, 5.74) is 1.05. The van der Waals surface area contributed by atoms with E-state index >= 15 is 0 Å². The fourth-order valence-corrected chi connectivity index (χ4v) is 3.30. The molecule has 3 rings (SSSR count). The molecule has 84 valence electrons. The Hall–Kier alpha value is -0.420. The van der Waals surface area contributed by atoms with Crippen LogP contribution in [0.4, 0.5) is 0 Å². The molecule has 1 aliphatic carbocycles. The van der Waals surface area contributed by atoms with Crippen LogP contribution in [0.2, 0.25) is 4.34 Å². The van der Waals surface area contributed by atoms with E-state index in [2.05, 4.69) is 15.7 Å². The van der Waals surface area contributed by atoms with Crippen molar-refractivity contribution >= 4 is 34.3 Å². The molecule has 0 radical (unpaired) electrons. The van der Waals surface area contributed by atoms with E-state index < -0.39 is 0 Å². The van der Waals surface area contributed by atoms with Gasteiger partial charge in [-0.15, -0.1) is 22.7 Å². The first-order valence-corrected chi connectivity index (χ1v) is 7.32. The number of halogens is 1. The van der Waals surface area contributed by atoms with Crippen LogP contribution in [-0.2, 0) is 6.54 Å². The van der Waals surface area contributed by atoms with Gasteiger partial charge < -0.3 is 5.32 Å². The quantitative estimate of drug-likeness (QED) is 0.915. The maximum atomic E-state index is 5.91. The second-order valence-corrected chi connectivity index (χ2v) is 6.54. The Morgan fingerprint density at radius 1 is 1.44 bits per heavy atom. The third-order valence-electron chi connectivity index (χ3n) is 2.50. The Morgan fingerprint density at radius 2 is 2.31 bits per heavy atom. The van der Waals surface area contributed by atoms with Crippen LogP contribution in [-0.4, -0.2) is 11.0 Å². The zero-order valence-electron chi connectivity index (χ0n) is 8.57. The number of aromatic nitrogens is 1. The molecule has 1 aliphatic rings. The molecule has 0 aliphatic heterocycles. The summed E-state index contributed by atoms with van der Waals surface area (Å²) in [5.74, 6) is 0. The zero-order chi connectivity index (χ0) is 11.0. The van der Waals surface area contributed by atoms with Gasteiger partial charge in [0.05, 0.1) is 14.9 Å². The van der Waals surface area contributed by atoms with Crippen molar-refractivity contribution in [1.82, 2.24) is 10.3 Å². The lowest BCUT2D eigenvalue weighted by Gasteiger charge is -1.96. The smallest absolute Gasteiger partial charge is 0.107 e. The third kappa shape index (κ3) is 2.46. The van der Waals surface area contributed by atoms with Crippen molar-refractivity contribution in [3.63, 3.8) is 0 Å². The summed E-state index contributed by atoms with van der Waals surface area (Å²) in [6.07, 6.45) is 2.64. The molecular weight excluding hydrogens is 260 g/mol. The van der Waals surface area contributed by atoms with Crippen LogP contribution in [0.5, 0.6) is 0 Å². The number of hydrogen-bond acceptors (Lipinski definition) is 4. The van der Waals surface area contributed by atoms with Crippen molar-refractivity contribution in [3.8, 4) is 10.6 Å². The molecule has 1 saturated carbocycles. The van der Waals surface area contributed by atoms with Gasteiger partial charge in [-0.25, -0.2) is 4.98 Å². The molecule has 1 N–H and O–H groups in total. The first-order valence-electron chi connectivity index (χ1n) is 5.25. The maximum absolute atomic E-state index is 5.91. The van der Waals surface area contributed by atoms with Gasteiger partial charge in [-0.05, 0) is 25.0 Å². The lowest BCUT2D eigenvalue weighted by Crippen LogP contribution is -2.14. The van der Waals surface area contributed by atoms with Gasteiger partial charge in [-0.2, -0.15) is 0 Å². The molecule has 0 bridgehead atoms. The monoisotopic (exact) mass is 270 g/mol. The van der Waals surface area contributed by atoms with Crippen LogP contribution in [0.15, 0.2) is 17.5 Å². The topological polar surface area (TPSA) is 24.9 Å². The van der Waals surface area contributed by atoms with Crippen LogP contribution in [0, 0.1) is 0 Å². The normalized spacial score (nSPS) is 15.6. The van der Waals surface area contributed by atoms with Gasteiger partial charge in [-0.3, -0.25) is 0 Å². The van der Waals surface area contributed by atoms with E-state index in [-0.39, 0.29) is 0 Å². The molecule has 2 nitrogen and oxygen atoms in total. The number of rotatable bonds is 4. The predicted molar refractivity (Wildman–Crippen MR) is 70.3 cm³/mol. The van der Waals surface area contributed by atoms with Crippen LogP contribution >= 0.6 is 34.3 Å². The van der Waals surface area contributed by atoms with Crippen molar-refractivity contribution < 1.29 is 0 Å². The molecule has 2 heterocycles. The lowest BCUT2D eigenvalue weighted by molar-refractivity contribution is 0.685. The van der Waals surface area contributed by atoms with Gasteiger partial charge in [0.25, 0.3) is 0 Å². The van der Waals surface area contributed by atoms with Gasteiger partial charge >= 0.3 is 0 Å². The van der Waals surface area contributed by atoms with Crippen LogP contribution in [0.3, 0.4) is 0 Å². The molecule has 0 atom stereocenters. The fourth-order valence-electron chi connectivity index (χ4n) is 1.48. The van der Waals surface area contributed by atoms with E-state index in [9.17, 15) is 0 Å². The molecule has 16 heavy (non-hydrogen) atoms. The highest BCUT2D eigenvalue weighted by atomic mass is 35.5. The summed E-state index contributed by atoms with van der Waals surface area (Å²) in [6, 6.07) is 4.69. The highest BCUT2D eigenvalue weighted by Crippen LogP contribution is 2.31. The molecule has 1 fully saturated rings. The number of thiophene rings is 1. The largest absolute Gasteiger partial charge is 0.308 e. The second kappa shape index (κ2) is 4.45. The summed E-state index contributed by atoms with van der Waals surface area (Å²) < 4.78 is 0.820. The van der Waals surface area contributed by atoms with E-state index in [1.165, 1.54) is 12.8 Å². The molecule has 2 aromatic rings. The zero-order valence-corrected chi connectivity index (χ0v) is 11.0. The Kier molecular flexibility index (Phi) is 2.98. The van der Waals surface area contributed by atoms with E-state index in [0.29, 0.717) is 0 Å².